The Morgan fingerprint density at radius 3 is 2.70 bits per heavy atom. The van der Waals surface area contributed by atoms with Crippen molar-refractivity contribution in [2.75, 3.05) is 23.7 Å². The fourth-order valence-corrected chi connectivity index (χ4v) is 3.69. The molecular formula is C25H25F3N8O. The Balaban J connectivity index is 1.65. The molecule has 9 nitrogen and oxygen atoms in total. The number of nitrogens with zero attached hydrogens (tertiary/aromatic N) is 4. The van der Waals surface area contributed by atoms with Crippen LogP contribution < -0.4 is 21.3 Å². The smallest absolute Gasteiger partial charge is 0.343 e. The first-order valence-corrected chi connectivity index (χ1v) is 11.5. The molecule has 0 radical (unpaired) electrons. The van der Waals surface area contributed by atoms with Gasteiger partial charge in [0.05, 0.1) is 17.2 Å². The first-order valence-electron chi connectivity index (χ1n) is 11.5. The minimum atomic E-state index is -4.58. The highest BCUT2D eigenvalue weighted by Gasteiger charge is 2.29. The Morgan fingerprint density at radius 1 is 1.14 bits per heavy atom. The summed E-state index contributed by atoms with van der Waals surface area (Å²) in [6.07, 6.45) is -2.56. The van der Waals surface area contributed by atoms with Gasteiger partial charge in [-0.05, 0) is 62.2 Å². The first kappa shape index (κ1) is 25.8. The molecule has 0 atom stereocenters. The van der Waals surface area contributed by atoms with E-state index in [1.54, 1.807) is 32.0 Å². The largest absolute Gasteiger partial charge is 0.405 e. The minimum absolute atomic E-state index is 0.0428. The quantitative estimate of drug-likeness (QED) is 0.374. The molecule has 1 aliphatic rings. The lowest BCUT2D eigenvalue weighted by Gasteiger charge is -2.18. The van der Waals surface area contributed by atoms with E-state index in [-0.39, 0.29) is 23.1 Å². The summed E-state index contributed by atoms with van der Waals surface area (Å²) in [5.74, 6) is -0.645. The van der Waals surface area contributed by atoms with E-state index in [9.17, 15) is 23.2 Å². The summed E-state index contributed by atoms with van der Waals surface area (Å²) in [7, 11) is 0. The Morgan fingerprint density at radius 2 is 1.95 bits per heavy atom. The Labute approximate surface area is 211 Å². The van der Waals surface area contributed by atoms with Crippen LogP contribution in [0.15, 0.2) is 42.6 Å². The van der Waals surface area contributed by atoms with E-state index >= 15 is 0 Å². The molecule has 0 unspecified atom stereocenters. The van der Waals surface area contributed by atoms with Crippen molar-refractivity contribution in [2.24, 2.45) is 0 Å². The average Bonchev–Trinajstić information content (AvgIpc) is 2.87. The van der Waals surface area contributed by atoms with Crippen molar-refractivity contribution in [2.45, 2.75) is 38.4 Å². The molecule has 0 saturated carbocycles. The van der Waals surface area contributed by atoms with E-state index < -0.39 is 24.0 Å². The summed E-state index contributed by atoms with van der Waals surface area (Å²) in [5.41, 5.74) is 2.51. The maximum absolute atomic E-state index is 12.7. The Hall–Kier alpha value is -4.24. The van der Waals surface area contributed by atoms with E-state index in [2.05, 4.69) is 37.0 Å². The second-order valence-corrected chi connectivity index (χ2v) is 9.06. The summed E-state index contributed by atoms with van der Waals surface area (Å²) in [6.45, 7) is 3.57. The molecule has 0 saturated heterocycles. The van der Waals surface area contributed by atoms with E-state index in [4.69, 9.17) is 0 Å². The van der Waals surface area contributed by atoms with Crippen LogP contribution in [0, 0.1) is 11.3 Å². The van der Waals surface area contributed by atoms with Crippen molar-refractivity contribution < 1.29 is 18.0 Å². The number of fused-ring (bicyclic) bond motifs is 1. The lowest BCUT2D eigenvalue weighted by atomic mass is 9.91. The highest BCUT2D eigenvalue weighted by atomic mass is 19.4. The number of nitrogens with one attached hydrogen (secondary N) is 4. The molecule has 12 heteroatoms. The van der Waals surface area contributed by atoms with Crippen LogP contribution in [0.3, 0.4) is 0 Å². The van der Waals surface area contributed by atoms with Gasteiger partial charge >= 0.3 is 6.18 Å². The molecule has 3 aromatic rings. The van der Waals surface area contributed by atoms with Crippen LogP contribution in [-0.4, -0.2) is 40.1 Å². The number of carbonyl (C=O) groups excluding carboxylic acids is 1. The summed E-state index contributed by atoms with van der Waals surface area (Å²) in [5, 5.41) is 20.6. The van der Waals surface area contributed by atoms with Gasteiger partial charge in [-0.2, -0.15) is 23.4 Å². The predicted molar refractivity (Wildman–Crippen MR) is 132 cm³/mol. The zero-order valence-corrected chi connectivity index (χ0v) is 20.2. The van der Waals surface area contributed by atoms with E-state index in [1.165, 1.54) is 11.1 Å². The van der Waals surface area contributed by atoms with Crippen molar-refractivity contribution in [3.63, 3.8) is 0 Å². The number of benzene rings is 1. The van der Waals surface area contributed by atoms with Gasteiger partial charge < -0.3 is 21.3 Å². The molecule has 0 fully saturated rings. The lowest BCUT2D eigenvalue weighted by molar-refractivity contribution is -0.123. The zero-order valence-electron chi connectivity index (χ0n) is 20.2. The maximum atomic E-state index is 12.7. The van der Waals surface area contributed by atoms with Gasteiger partial charge in [0.2, 0.25) is 5.95 Å². The molecule has 0 aliphatic carbocycles. The van der Waals surface area contributed by atoms with Gasteiger partial charge in [0, 0.05) is 18.4 Å². The van der Waals surface area contributed by atoms with Gasteiger partial charge in [-0.1, -0.05) is 12.1 Å². The maximum Gasteiger partial charge on any atom is 0.405 e. The fraction of sp³-hybridized carbons (Fsp3) is 0.320. The second kappa shape index (κ2) is 10.4. The normalized spacial score (nSPS) is 13.3. The number of hydrogen-bond acceptors (Lipinski definition) is 8. The van der Waals surface area contributed by atoms with Crippen LogP contribution >= 0.6 is 0 Å². The molecule has 0 spiro atoms. The third-order valence-electron chi connectivity index (χ3n) is 5.75. The van der Waals surface area contributed by atoms with Crippen molar-refractivity contribution in [1.82, 2.24) is 25.6 Å². The molecule has 4 N–H and O–H groups in total. The molecule has 1 aliphatic heterocycles. The number of rotatable bonds is 7. The Bertz CT molecular complexity index is 1350. The predicted octanol–water partition coefficient (Wildman–Crippen LogP) is 4.10. The van der Waals surface area contributed by atoms with Crippen molar-refractivity contribution in [3.05, 3.63) is 65.0 Å². The SMILES string of the molecule is CC(C)(C#N)c1cccc(Nc2nc(Nc3ccc4c(c3)CCNC4)ncc2C(=O)NCC(F)(F)F)n1. The molecule has 4 rings (SSSR count). The third-order valence-corrected chi connectivity index (χ3v) is 5.75. The number of aromatic nitrogens is 3. The number of anilines is 4. The number of alkyl halides is 3. The number of carbonyl (C=O) groups is 1. The van der Waals surface area contributed by atoms with Crippen LogP contribution in [0.4, 0.5) is 36.4 Å². The monoisotopic (exact) mass is 510 g/mol. The first-order chi connectivity index (χ1) is 17.5. The van der Waals surface area contributed by atoms with Gasteiger partial charge in [-0.3, -0.25) is 4.79 Å². The number of nitriles is 1. The van der Waals surface area contributed by atoms with Crippen LogP contribution in [0.2, 0.25) is 0 Å². The van der Waals surface area contributed by atoms with E-state index in [0.29, 0.717) is 5.69 Å². The van der Waals surface area contributed by atoms with Crippen LogP contribution in [-0.2, 0) is 18.4 Å². The van der Waals surface area contributed by atoms with Crippen molar-refractivity contribution in [1.29, 1.82) is 5.26 Å². The minimum Gasteiger partial charge on any atom is -0.343 e. The molecule has 37 heavy (non-hydrogen) atoms. The number of pyridine rings is 1. The van der Waals surface area contributed by atoms with Crippen LogP contribution in [0.1, 0.15) is 41.0 Å². The van der Waals surface area contributed by atoms with E-state index in [0.717, 1.165) is 31.4 Å². The zero-order chi connectivity index (χ0) is 26.6. The molecule has 0 bridgehead atoms. The number of amides is 1. The van der Waals surface area contributed by atoms with Gasteiger partial charge in [0.1, 0.15) is 23.7 Å². The summed E-state index contributed by atoms with van der Waals surface area (Å²) in [4.78, 5) is 25.5. The average molecular weight is 511 g/mol. The highest BCUT2D eigenvalue weighted by molar-refractivity contribution is 5.99. The van der Waals surface area contributed by atoms with Crippen molar-refractivity contribution in [3.8, 4) is 6.07 Å². The van der Waals surface area contributed by atoms with Crippen molar-refractivity contribution >= 4 is 29.2 Å². The van der Waals surface area contributed by atoms with Gasteiger partial charge in [0.15, 0.2) is 0 Å². The van der Waals surface area contributed by atoms with Gasteiger partial charge in [-0.15, -0.1) is 0 Å². The standard InChI is InChI=1S/C25H25F3N8O/c1-24(2,13-29)19-4-3-5-20(34-19)35-21-18(22(37)32-14-25(26,27)28)12-31-23(36-21)33-17-7-6-16-11-30-9-8-15(16)10-17/h3-7,10,12,30H,8-9,11,14H2,1-2H3,(H,32,37)(H2,31,33,34,35,36). The molecule has 1 aromatic carbocycles. The molecule has 1 amide bonds. The topological polar surface area (TPSA) is 128 Å². The molecule has 2 aromatic heterocycles. The molecular weight excluding hydrogens is 485 g/mol. The second-order valence-electron chi connectivity index (χ2n) is 9.06. The number of halogens is 3. The van der Waals surface area contributed by atoms with Gasteiger partial charge in [-0.25, -0.2) is 9.97 Å². The van der Waals surface area contributed by atoms with E-state index in [1.807, 2.05) is 23.5 Å². The summed E-state index contributed by atoms with van der Waals surface area (Å²) >= 11 is 0. The third kappa shape index (κ3) is 6.50. The molecule has 3 heterocycles. The summed E-state index contributed by atoms with van der Waals surface area (Å²) in [6, 6.07) is 13.0. The highest BCUT2D eigenvalue weighted by Crippen LogP contribution is 2.26. The molecule has 192 valence electrons. The Kier molecular flexibility index (Phi) is 7.26. The fourth-order valence-electron chi connectivity index (χ4n) is 3.69. The number of hydrogen-bond donors (Lipinski definition) is 4. The van der Waals surface area contributed by atoms with Crippen LogP contribution in [0.25, 0.3) is 0 Å². The summed E-state index contributed by atoms with van der Waals surface area (Å²) < 4.78 is 38.1. The van der Waals surface area contributed by atoms with Crippen LogP contribution in [0.5, 0.6) is 0 Å². The lowest BCUT2D eigenvalue weighted by Crippen LogP contribution is -2.34. The van der Waals surface area contributed by atoms with Gasteiger partial charge in [0.25, 0.3) is 5.91 Å².